The summed E-state index contributed by atoms with van der Waals surface area (Å²) >= 11 is 9.32. The molecule has 0 bridgehead atoms. The number of aryl methyl sites for hydroxylation is 1. The lowest BCUT2D eigenvalue weighted by Gasteiger charge is -2.25. The minimum absolute atomic E-state index is 0.0684. The van der Waals surface area contributed by atoms with Crippen molar-refractivity contribution in [2.24, 2.45) is 0 Å². The Labute approximate surface area is 217 Å². The number of hydrogen-bond donors (Lipinski definition) is 2. The summed E-state index contributed by atoms with van der Waals surface area (Å²) < 4.78 is 7.33. The number of carbonyl (C=O) groups is 1. The Bertz CT molecular complexity index is 1360. The molecule has 1 amide bonds. The molecule has 176 valence electrons. The monoisotopic (exact) mass is 546 g/mol. The van der Waals surface area contributed by atoms with Crippen LogP contribution < -0.4 is 10.6 Å². The second kappa shape index (κ2) is 10.0. The van der Waals surface area contributed by atoms with Crippen LogP contribution in [0.2, 0.25) is 0 Å². The maximum Gasteiger partial charge on any atom is 0.244 e. The van der Waals surface area contributed by atoms with E-state index < -0.39 is 0 Å². The lowest BCUT2D eigenvalue weighted by Crippen LogP contribution is -2.36. The van der Waals surface area contributed by atoms with Gasteiger partial charge in [0.05, 0.1) is 11.7 Å². The molecule has 0 radical (unpaired) electrons. The number of nitrogens with one attached hydrogen (secondary N) is 2. The van der Waals surface area contributed by atoms with Crippen molar-refractivity contribution < 1.29 is 9.21 Å². The third-order valence-corrected chi connectivity index (χ3v) is 6.89. The molecule has 8 heteroatoms. The van der Waals surface area contributed by atoms with E-state index >= 15 is 0 Å². The molecule has 3 heterocycles. The number of aromatic nitrogens is 1. The van der Waals surface area contributed by atoms with Gasteiger partial charge in [-0.15, -0.1) is 0 Å². The summed E-state index contributed by atoms with van der Waals surface area (Å²) in [7, 11) is 0. The van der Waals surface area contributed by atoms with E-state index in [0.717, 1.165) is 32.7 Å². The smallest absolute Gasteiger partial charge is 0.244 e. The zero-order valence-corrected chi connectivity index (χ0v) is 21.3. The average molecular weight is 547 g/mol. The van der Waals surface area contributed by atoms with Crippen molar-refractivity contribution in [3.05, 3.63) is 107 Å². The molecule has 2 atom stereocenters. The molecule has 5 rings (SSSR count). The predicted molar refractivity (Wildman–Crippen MR) is 144 cm³/mol. The minimum Gasteiger partial charge on any atom is -0.459 e. The van der Waals surface area contributed by atoms with Gasteiger partial charge in [0, 0.05) is 21.9 Å². The summed E-state index contributed by atoms with van der Waals surface area (Å²) in [6, 6.07) is 24.5. The molecule has 0 spiro atoms. The molecule has 1 aliphatic heterocycles. The number of amides is 1. The van der Waals surface area contributed by atoms with Crippen LogP contribution in [0.1, 0.15) is 29.1 Å². The third-order valence-electron chi connectivity index (χ3n) is 5.88. The number of hydrogen-bond acceptors (Lipinski definition) is 4. The van der Waals surface area contributed by atoms with Crippen LogP contribution in [-0.4, -0.2) is 27.4 Å². The highest BCUT2D eigenvalue weighted by Crippen LogP contribution is 2.41. The molecule has 35 heavy (non-hydrogen) atoms. The van der Waals surface area contributed by atoms with E-state index in [0.29, 0.717) is 10.9 Å². The molecule has 0 unspecified atom stereocenters. The molecule has 2 aromatic heterocycles. The Morgan fingerprint density at radius 2 is 1.91 bits per heavy atom. The summed E-state index contributed by atoms with van der Waals surface area (Å²) in [5.74, 6) is 1.27. The summed E-state index contributed by atoms with van der Waals surface area (Å²) in [4.78, 5) is 19.3. The lowest BCUT2D eigenvalue weighted by molar-refractivity contribution is -0.116. The van der Waals surface area contributed by atoms with Crippen LogP contribution in [0.3, 0.4) is 0 Å². The second-order valence-electron chi connectivity index (χ2n) is 8.35. The largest absolute Gasteiger partial charge is 0.459 e. The number of anilines is 1. The van der Waals surface area contributed by atoms with Crippen molar-refractivity contribution in [1.29, 1.82) is 0 Å². The predicted octanol–water partition coefficient (Wildman–Crippen LogP) is 6.02. The highest BCUT2D eigenvalue weighted by molar-refractivity contribution is 9.10. The number of carbonyl (C=O) groups excluding carboxylic acids is 1. The first kappa shape index (κ1) is 23.3. The van der Waals surface area contributed by atoms with Crippen molar-refractivity contribution in [3.8, 4) is 11.3 Å². The summed E-state index contributed by atoms with van der Waals surface area (Å²) in [5.41, 5.74) is 3.67. The molecule has 0 aliphatic carbocycles. The van der Waals surface area contributed by atoms with E-state index in [1.807, 2.05) is 84.6 Å². The highest BCUT2D eigenvalue weighted by Gasteiger charge is 2.42. The van der Waals surface area contributed by atoms with Gasteiger partial charge in [-0.3, -0.25) is 9.78 Å². The first-order valence-electron chi connectivity index (χ1n) is 11.2. The fourth-order valence-corrected chi connectivity index (χ4v) is 5.23. The molecular weight excluding hydrogens is 524 g/mol. The number of halogens is 1. The third kappa shape index (κ3) is 4.99. The summed E-state index contributed by atoms with van der Waals surface area (Å²) in [5, 5.41) is 6.77. The normalized spacial score (nSPS) is 17.3. The van der Waals surface area contributed by atoms with Gasteiger partial charge < -0.3 is 20.0 Å². The SMILES string of the molecule is Cc1ccc(-c2ccc([C@H]3[C@H](c4ccccn4)NC(=S)N3CC(=O)Nc3ccccc3)o2)c(Br)c1. The van der Waals surface area contributed by atoms with E-state index in [1.54, 1.807) is 6.20 Å². The summed E-state index contributed by atoms with van der Waals surface area (Å²) in [6.07, 6.45) is 1.75. The number of nitrogens with zero attached hydrogens (tertiary/aromatic N) is 2. The second-order valence-corrected chi connectivity index (χ2v) is 9.60. The molecule has 1 aliphatic rings. The first-order chi connectivity index (χ1) is 17.0. The Hall–Kier alpha value is -3.49. The van der Waals surface area contributed by atoms with Crippen LogP contribution >= 0.6 is 28.1 Å². The van der Waals surface area contributed by atoms with Crippen molar-refractivity contribution >= 4 is 44.9 Å². The Kier molecular flexibility index (Phi) is 6.66. The average Bonchev–Trinajstić information content (AvgIpc) is 3.45. The van der Waals surface area contributed by atoms with Gasteiger partial charge in [0.15, 0.2) is 5.11 Å². The zero-order valence-electron chi connectivity index (χ0n) is 18.9. The van der Waals surface area contributed by atoms with Gasteiger partial charge in [0.25, 0.3) is 0 Å². The molecular formula is C27H23BrN4O2S. The van der Waals surface area contributed by atoms with Gasteiger partial charge in [0.1, 0.15) is 24.1 Å². The van der Waals surface area contributed by atoms with Gasteiger partial charge >= 0.3 is 0 Å². The van der Waals surface area contributed by atoms with E-state index in [9.17, 15) is 4.79 Å². The molecule has 1 saturated heterocycles. The highest BCUT2D eigenvalue weighted by atomic mass is 79.9. The number of rotatable bonds is 6. The van der Waals surface area contributed by atoms with E-state index in [1.165, 1.54) is 0 Å². The molecule has 2 N–H and O–H groups in total. The fourth-order valence-electron chi connectivity index (χ4n) is 4.24. The van der Waals surface area contributed by atoms with E-state index in [2.05, 4.69) is 37.6 Å². The zero-order chi connectivity index (χ0) is 24.4. The standard InChI is InChI=1S/C27H23BrN4O2S/c1-17-10-11-19(20(28)15-17)22-12-13-23(34-22)26-25(21-9-5-6-14-29-21)31-27(35)32(26)16-24(33)30-18-7-3-2-4-8-18/h2-15,25-26H,16H2,1H3,(H,30,33)(H,31,35)/t25-,26-/m0/s1. The number of thiocarbonyl (C=S) groups is 1. The molecule has 6 nitrogen and oxygen atoms in total. The van der Waals surface area contributed by atoms with Gasteiger partial charge in [-0.25, -0.2) is 0 Å². The quantitative estimate of drug-likeness (QED) is 0.288. The van der Waals surface area contributed by atoms with Crippen molar-refractivity contribution in [2.45, 2.75) is 19.0 Å². The topological polar surface area (TPSA) is 70.4 Å². The van der Waals surface area contributed by atoms with Crippen LogP contribution in [0.5, 0.6) is 0 Å². The lowest BCUT2D eigenvalue weighted by atomic mass is 10.0. The summed E-state index contributed by atoms with van der Waals surface area (Å²) in [6.45, 7) is 2.11. The molecule has 0 saturated carbocycles. The van der Waals surface area contributed by atoms with Gasteiger partial charge in [0.2, 0.25) is 5.91 Å². The first-order valence-corrected chi connectivity index (χ1v) is 12.4. The van der Waals surface area contributed by atoms with Gasteiger partial charge in [-0.2, -0.15) is 0 Å². The molecule has 4 aromatic rings. The minimum atomic E-state index is -0.350. The van der Waals surface area contributed by atoms with Crippen LogP contribution in [-0.2, 0) is 4.79 Å². The van der Waals surface area contributed by atoms with Gasteiger partial charge in [-0.05, 0) is 73.2 Å². The van der Waals surface area contributed by atoms with Crippen LogP contribution in [0, 0.1) is 6.92 Å². The number of benzene rings is 2. The molecule has 2 aromatic carbocycles. The van der Waals surface area contributed by atoms with Crippen LogP contribution in [0.4, 0.5) is 5.69 Å². The number of pyridine rings is 1. The van der Waals surface area contributed by atoms with Crippen LogP contribution in [0.15, 0.2) is 93.9 Å². The van der Waals surface area contributed by atoms with Crippen molar-refractivity contribution in [1.82, 2.24) is 15.2 Å². The number of para-hydroxylation sites is 1. The van der Waals surface area contributed by atoms with Crippen molar-refractivity contribution in [2.75, 3.05) is 11.9 Å². The molecule has 1 fully saturated rings. The fraction of sp³-hybridized carbons (Fsp3) is 0.148. The Morgan fingerprint density at radius 1 is 1.11 bits per heavy atom. The van der Waals surface area contributed by atoms with Crippen LogP contribution in [0.25, 0.3) is 11.3 Å². The van der Waals surface area contributed by atoms with E-state index in [-0.39, 0.29) is 24.5 Å². The van der Waals surface area contributed by atoms with Gasteiger partial charge in [-0.1, -0.05) is 46.3 Å². The maximum atomic E-state index is 12.9. The maximum absolute atomic E-state index is 12.9. The van der Waals surface area contributed by atoms with E-state index in [4.69, 9.17) is 16.6 Å². The number of furan rings is 1. The van der Waals surface area contributed by atoms with Crippen molar-refractivity contribution in [3.63, 3.8) is 0 Å². The Morgan fingerprint density at radius 3 is 2.66 bits per heavy atom. The Balaban J connectivity index is 1.47.